The fourth-order valence-corrected chi connectivity index (χ4v) is 2.91. The molecule has 0 fully saturated rings. The minimum atomic E-state index is -0.142. The average Bonchev–Trinajstić information content (AvgIpc) is 2.83. The molecule has 7 heteroatoms. The lowest BCUT2D eigenvalue weighted by Gasteiger charge is -2.05. The molecule has 0 bridgehead atoms. The number of aromatic nitrogens is 2. The van der Waals surface area contributed by atoms with Crippen molar-refractivity contribution in [2.24, 2.45) is 0 Å². The first-order chi connectivity index (χ1) is 9.11. The number of carbonyl (C=O) groups excluding carboxylic acids is 1. The third-order valence-electron chi connectivity index (χ3n) is 2.43. The fraction of sp³-hybridized carbons (Fsp3) is 0.250. The number of halogens is 2. The van der Waals surface area contributed by atoms with E-state index in [-0.39, 0.29) is 5.91 Å². The van der Waals surface area contributed by atoms with Gasteiger partial charge in [0, 0.05) is 13.7 Å². The molecule has 1 amide bonds. The average molecular weight is 452 g/mol. The van der Waals surface area contributed by atoms with Gasteiger partial charge in [0.05, 0.1) is 5.69 Å². The van der Waals surface area contributed by atoms with E-state index in [1.807, 2.05) is 18.2 Å². The van der Waals surface area contributed by atoms with E-state index in [1.165, 1.54) is 0 Å². The van der Waals surface area contributed by atoms with Crippen LogP contribution < -0.4 is 5.32 Å². The number of aryl methyl sites for hydroxylation is 1. The molecular weight excluding hydrogens is 441 g/mol. The minimum absolute atomic E-state index is 0.142. The van der Waals surface area contributed by atoms with Crippen molar-refractivity contribution in [3.8, 4) is 0 Å². The van der Waals surface area contributed by atoms with Crippen molar-refractivity contribution in [2.45, 2.75) is 19.8 Å². The highest BCUT2D eigenvalue weighted by atomic mass is 127. The van der Waals surface area contributed by atoms with E-state index < -0.39 is 0 Å². The summed E-state index contributed by atoms with van der Waals surface area (Å²) in [6.07, 6.45) is 1.72. The summed E-state index contributed by atoms with van der Waals surface area (Å²) in [4.78, 5) is 12.8. The van der Waals surface area contributed by atoms with Gasteiger partial charge < -0.3 is 5.32 Å². The Morgan fingerprint density at radius 1 is 1.53 bits per heavy atom. The number of amides is 1. The summed E-state index contributed by atoms with van der Waals surface area (Å²) in [5.41, 5.74) is 1.55. The van der Waals surface area contributed by atoms with Crippen LogP contribution in [0.25, 0.3) is 0 Å². The fourth-order valence-electron chi connectivity index (χ4n) is 1.54. The van der Waals surface area contributed by atoms with Gasteiger partial charge in [-0.15, -0.1) is 5.10 Å². The van der Waals surface area contributed by atoms with Gasteiger partial charge >= 0.3 is 0 Å². The van der Waals surface area contributed by atoms with E-state index in [1.54, 1.807) is 0 Å². The molecule has 0 atom stereocenters. The zero-order valence-corrected chi connectivity index (χ0v) is 14.7. The number of hydrogen-bond acceptors (Lipinski definition) is 4. The molecule has 0 aliphatic rings. The molecule has 1 aromatic heterocycles. The second-order valence-corrected chi connectivity index (χ2v) is 6.65. The van der Waals surface area contributed by atoms with Gasteiger partial charge in [0.1, 0.15) is 4.88 Å². The summed E-state index contributed by atoms with van der Waals surface area (Å²) in [6, 6.07) is 5.68. The Morgan fingerprint density at radius 2 is 2.32 bits per heavy atom. The molecule has 0 unspecified atom stereocenters. The molecule has 4 nitrogen and oxygen atoms in total. The van der Waals surface area contributed by atoms with E-state index in [4.69, 9.17) is 0 Å². The zero-order valence-electron chi connectivity index (χ0n) is 10.1. The number of carbonyl (C=O) groups is 1. The van der Waals surface area contributed by atoms with Crippen LogP contribution in [-0.4, -0.2) is 15.5 Å². The quantitative estimate of drug-likeness (QED) is 0.711. The van der Waals surface area contributed by atoms with E-state index >= 15 is 0 Å². The largest absolute Gasteiger partial charge is 0.321 e. The molecule has 0 saturated heterocycles. The molecule has 0 aliphatic heterocycles. The minimum Gasteiger partial charge on any atom is -0.321 e. The molecule has 0 spiro atoms. The standard InChI is InChI=1S/C12H11BrIN3OS/c1-2-3-10-11(19-17-16-10)12(18)15-7-4-5-8(13)9(14)6-7/h4-6H,2-3H2,1H3,(H,15,18). The van der Waals surface area contributed by atoms with Gasteiger partial charge in [-0.1, -0.05) is 17.8 Å². The monoisotopic (exact) mass is 451 g/mol. The Hall–Kier alpha value is -0.540. The Balaban J connectivity index is 2.16. The van der Waals surface area contributed by atoms with Crippen molar-refractivity contribution >= 4 is 61.6 Å². The van der Waals surface area contributed by atoms with Crippen LogP contribution >= 0.6 is 50.1 Å². The third-order valence-corrected chi connectivity index (χ3v) is 5.52. The number of benzene rings is 1. The van der Waals surface area contributed by atoms with Crippen molar-refractivity contribution in [1.82, 2.24) is 9.59 Å². The SMILES string of the molecule is CCCc1nnsc1C(=O)Nc1ccc(Br)c(I)c1. The van der Waals surface area contributed by atoms with Gasteiger partial charge in [-0.25, -0.2) is 0 Å². The summed E-state index contributed by atoms with van der Waals surface area (Å²) in [6.45, 7) is 2.05. The summed E-state index contributed by atoms with van der Waals surface area (Å²) < 4.78 is 5.92. The molecule has 1 aromatic carbocycles. The van der Waals surface area contributed by atoms with E-state index in [2.05, 4.69) is 60.3 Å². The Morgan fingerprint density at radius 3 is 3.00 bits per heavy atom. The molecule has 19 heavy (non-hydrogen) atoms. The normalized spacial score (nSPS) is 10.5. The van der Waals surface area contributed by atoms with Crippen molar-refractivity contribution < 1.29 is 4.79 Å². The van der Waals surface area contributed by atoms with Gasteiger partial charge in [-0.3, -0.25) is 4.79 Å². The molecule has 100 valence electrons. The molecule has 2 rings (SSSR count). The van der Waals surface area contributed by atoms with Crippen LogP contribution in [0.2, 0.25) is 0 Å². The highest BCUT2D eigenvalue weighted by molar-refractivity contribution is 14.1. The summed E-state index contributed by atoms with van der Waals surface area (Å²) in [7, 11) is 0. The van der Waals surface area contributed by atoms with Crippen LogP contribution in [0, 0.1) is 3.57 Å². The van der Waals surface area contributed by atoms with Gasteiger partial charge in [0.15, 0.2) is 0 Å². The first-order valence-electron chi connectivity index (χ1n) is 5.69. The molecule has 0 aliphatic carbocycles. The number of nitrogens with zero attached hydrogens (tertiary/aromatic N) is 2. The molecule has 0 radical (unpaired) electrons. The van der Waals surface area contributed by atoms with Crippen LogP contribution in [0.1, 0.15) is 28.7 Å². The van der Waals surface area contributed by atoms with E-state index in [0.717, 1.165) is 43.8 Å². The topological polar surface area (TPSA) is 54.9 Å². The van der Waals surface area contributed by atoms with Gasteiger partial charge in [0.2, 0.25) is 0 Å². The summed E-state index contributed by atoms with van der Waals surface area (Å²) in [5, 5.41) is 6.88. The molecule has 2 aromatic rings. The number of rotatable bonds is 4. The Kier molecular flexibility index (Phi) is 5.28. The van der Waals surface area contributed by atoms with Gasteiger partial charge in [-0.2, -0.15) is 0 Å². The molecular formula is C12H11BrIN3OS. The maximum absolute atomic E-state index is 12.2. The molecule has 0 saturated carbocycles. The second-order valence-electron chi connectivity index (χ2n) is 3.88. The van der Waals surface area contributed by atoms with Crippen molar-refractivity contribution in [3.63, 3.8) is 0 Å². The third kappa shape index (κ3) is 3.73. The predicted octanol–water partition coefficient (Wildman–Crippen LogP) is 4.11. The van der Waals surface area contributed by atoms with Crippen molar-refractivity contribution in [2.75, 3.05) is 5.32 Å². The van der Waals surface area contributed by atoms with Crippen LogP contribution in [0.4, 0.5) is 5.69 Å². The van der Waals surface area contributed by atoms with E-state index in [0.29, 0.717) is 4.88 Å². The predicted molar refractivity (Wildman–Crippen MR) is 88.7 cm³/mol. The van der Waals surface area contributed by atoms with E-state index in [9.17, 15) is 4.79 Å². The number of hydrogen-bond donors (Lipinski definition) is 1. The first kappa shape index (κ1) is 14.9. The van der Waals surface area contributed by atoms with Crippen LogP contribution in [0.3, 0.4) is 0 Å². The highest BCUT2D eigenvalue weighted by Crippen LogP contribution is 2.23. The lowest BCUT2D eigenvalue weighted by molar-refractivity contribution is 0.102. The Labute approximate surface area is 137 Å². The highest BCUT2D eigenvalue weighted by Gasteiger charge is 2.15. The maximum atomic E-state index is 12.2. The van der Waals surface area contributed by atoms with Crippen molar-refractivity contribution in [3.05, 3.63) is 36.8 Å². The first-order valence-corrected chi connectivity index (χ1v) is 8.34. The maximum Gasteiger partial charge on any atom is 0.269 e. The van der Waals surface area contributed by atoms with Crippen LogP contribution in [0.5, 0.6) is 0 Å². The number of anilines is 1. The van der Waals surface area contributed by atoms with Crippen LogP contribution in [0.15, 0.2) is 22.7 Å². The summed E-state index contributed by atoms with van der Waals surface area (Å²) >= 11 is 6.78. The second kappa shape index (κ2) is 6.76. The Bertz CT molecular complexity index is 602. The lowest BCUT2D eigenvalue weighted by Crippen LogP contribution is -2.12. The van der Waals surface area contributed by atoms with Gasteiger partial charge in [0.25, 0.3) is 5.91 Å². The summed E-state index contributed by atoms with van der Waals surface area (Å²) in [5.74, 6) is -0.142. The lowest BCUT2D eigenvalue weighted by atomic mass is 10.2. The zero-order chi connectivity index (χ0) is 13.8. The van der Waals surface area contributed by atoms with Crippen LogP contribution in [-0.2, 0) is 6.42 Å². The number of nitrogens with one attached hydrogen (secondary N) is 1. The van der Waals surface area contributed by atoms with Gasteiger partial charge in [-0.05, 0) is 74.7 Å². The smallest absolute Gasteiger partial charge is 0.269 e. The molecule has 1 heterocycles. The van der Waals surface area contributed by atoms with Crippen molar-refractivity contribution in [1.29, 1.82) is 0 Å². The molecule has 1 N–H and O–H groups in total.